The summed E-state index contributed by atoms with van der Waals surface area (Å²) in [4.78, 5) is 31.2. The van der Waals surface area contributed by atoms with Crippen LogP contribution < -0.4 is 5.32 Å². The Balaban J connectivity index is 1.57. The largest absolute Gasteiger partial charge is 0.458 e. The van der Waals surface area contributed by atoms with Gasteiger partial charge in [-0.25, -0.2) is 9.37 Å². The van der Waals surface area contributed by atoms with Crippen molar-refractivity contribution in [3.63, 3.8) is 0 Å². The molecule has 0 radical (unpaired) electrons. The fourth-order valence-corrected chi connectivity index (χ4v) is 6.75. The Labute approximate surface area is 252 Å². The molecule has 7 atom stereocenters. The first-order valence-corrected chi connectivity index (χ1v) is 15.8. The summed E-state index contributed by atoms with van der Waals surface area (Å²) in [5, 5.41) is 28.1. The number of aromatic nitrogens is 1. The van der Waals surface area contributed by atoms with Crippen LogP contribution in [-0.2, 0) is 14.3 Å². The molecular weight excluding hydrogens is 555 g/mol. The molecule has 0 spiro atoms. The van der Waals surface area contributed by atoms with Crippen molar-refractivity contribution in [3.05, 3.63) is 46.2 Å². The van der Waals surface area contributed by atoms with E-state index in [0.29, 0.717) is 28.2 Å². The van der Waals surface area contributed by atoms with Crippen LogP contribution in [0, 0.1) is 30.0 Å². The summed E-state index contributed by atoms with van der Waals surface area (Å²) < 4.78 is 20.1. The number of hydrogen-bond acceptors (Lipinski definition) is 8. The highest BCUT2D eigenvalue weighted by Gasteiger charge is 2.50. The zero-order valence-corrected chi connectivity index (χ0v) is 26.6. The number of Topliss-reactive ketones (excluding diaryl/α,β-unsaturated/α-hetero) is 1. The Hall–Kier alpha value is -2.46. The first-order valence-electron chi connectivity index (χ1n) is 14.9. The number of halogens is 1. The molecule has 230 valence electrons. The van der Waals surface area contributed by atoms with Gasteiger partial charge >= 0.3 is 5.97 Å². The molecule has 0 aliphatic carbocycles. The van der Waals surface area contributed by atoms with E-state index < -0.39 is 35.6 Å². The molecule has 3 N–H and O–H groups in total. The number of thiazole rings is 1. The van der Waals surface area contributed by atoms with Gasteiger partial charge in [-0.15, -0.1) is 11.3 Å². The number of ketones is 1. The highest BCUT2D eigenvalue weighted by molar-refractivity contribution is 7.13. The number of rotatable bonds is 3. The molecule has 1 aromatic heterocycles. The highest BCUT2D eigenvalue weighted by Crippen LogP contribution is 2.38. The SMILES string of the molecule is C/C(=C\c1csc(-c2ccc(C)c(F)c2)n1)[C@@H]1C[C@@H]2N[C@]2(C)CCC[C@H](C)[C@H](O)[C@@H](C)C(=O)C(C)(C)[C@@H](O)CC(=O)O1. The molecule has 0 saturated carbocycles. The molecule has 2 fully saturated rings. The predicted octanol–water partition coefficient (Wildman–Crippen LogP) is 5.86. The first-order chi connectivity index (χ1) is 19.6. The second-order valence-electron chi connectivity index (χ2n) is 13.2. The lowest BCUT2D eigenvalue weighted by molar-refractivity contribution is -0.154. The molecule has 7 nitrogen and oxygen atoms in total. The molecule has 3 heterocycles. The van der Waals surface area contributed by atoms with Gasteiger partial charge in [-0.2, -0.15) is 0 Å². The van der Waals surface area contributed by atoms with E-state index >= 15 is 0 Å². The van der Waals surface area contributed by atoms with Crippen molar-refractivity contribution >= 4 is 29.2 Å². The third-order valence-electron chi connectivity index (χ3n) is 9.43. The molecule has 42 heavy (non-hydrogen) atoms. The van der Waals surface area contributed by atoms with E-state index in [0.717, 1.165) is 24.8 Å². The van der Waals surface area contributed by atoms with Gasteiger partial charge in [-0.1, -0.05) is 46.2 Å². The summed E-state index contributed by atoms with van der Waals surface area (Å²) in [6.07, 6.45) is 2.01. The van der Waals surface area contributed by atoms with E-state index in [1.54, 1.807) is 33.8 Å². The minimum atomic E-state index is -1.26. The molecule has 0 unspecified atom stereocenters. The maximum absolute atomic E-state index is 14.1. The minimum absolute atomic E-state index is 0.0760. The van der Waals surface area contributed by atoms with Crippen LogP contribution in [0.3, 0.4) is 0 Å². The highest BCUT2D eigenvalue weighted by atomic mass is 32.1. The summed E-state index contributed by atoms with van der Waals surface area (Å²) in [5.74, 6) is -1.89. The molecule has 0 amide bonds. The topological polar surface area (TPSA) is 119 Å². The molecule has 9 heteroatoms. The Morgan fingerprint density at radius 1 is 1.21 bits per heavy atom. The van der Waals surface area contributed by atoms with Crippen LogP contribution in [-0.4, -0.2) is 56.8 Å². The summed E-state index contributed by atoms with van der Waals surface area (Å²) in [5.41, 5.74) is 1.43. The van der Waals surface area contributed by atoms with Crippen LogP contribution in [0.2, 0.25) is 0 Å². The number of nitrogens with zero attached hydrogens (tertiary/aromatic N) is 1. The van der Waals surface area contributed by atoms with Crippen LogP contribution in [0.5, 0.6) is 0 Å². The van der Waals surface area contributed by atoms with Crippen molar-refractivity contribution in [1.29, 1.82) is 0 Å². The summed E-state index contributed by atoms with van der Waals surface area (Å²) in [7, 11) is 0. The van der Waals surface area contributed by atoms with Gasteiger partial charge in [0.25, 0.3) is 0 Å². The van der Waals surface area contributed by atoms with Crippen LogP contribution in [0.1, 0.15) is 84.9 Å². The van der Waals surface area contributed by atoms with Crippen LogP contribution >= 0.6 is 11.3 Å². The van der Waals surface area contributed by atoms with Gasteiger partial charge < -0.3 is 20.3 Å². The number of hydrogen-bond donors (Lipinski definition) is 3. The van der Waals surface area contributed by atoms with Gasteiger partial charge in [0, 0.05) is 34.9 Å². The van der Waals surface area contributed by atoms with Crippen molar-refractivity contribution in [3.8, 4) is 10.6 Å². The summed E-state index contributed by atoms with van der Waals surface area (Å²) in [6.45, 7) is 12.7. The quantitative estimate of drug-likeness (QED) is 0.298. The Morgan fingerprint density at radius 2 is 1.93 bits per heavy atom. The average molecular weight is 601 g/mol. The first kappa shape index (κ1) is 32.5. The van der Waals surface area contributed by atoms with Crippen molar-refractivity contribution in [2.45, 2.75) is 110 Å². The standard InChI is InChI=1S/C33H45FN2O5S/c1-18-10-11-22(14-24(18)34)31-35-23(17-42-31)13-20(3)25-15-26-33(7,36-26)12-8-9-19(2)29(39)21(4)30(40)32(5,6)27(37)16-28(38)41-25/h10-11,13-14,17,19,21,25-27,29,36-37,39H,8-9,12,15-16H2,1-7H3/b20-13+/t19-,21+,25-,26-,27-,29-,33+/m0/s1. The van der Waals surface area contributed by atoms with Gasteiger partial charge in [0.2, 0.25) is 0 Å². The zero-order valence-electron chi connectivity index (χ0n) is 25.7. The molecule has 2 aromatic rings. The number of nitrogens with one attached hydrogen (secondary N) is 1. The number of aryl methyl sites for hydroxylation is 1. The van der Waals surface area contributed by atoms with Gasteiger partial charge in [0.15, 0.2) is 0 Å². The number of carbonyl (C=O) groups is 2. The summed E-state index contributed by atoms with van der Waals surface area (Å²) in [6, 6.07) is 5.20. The molecule has 2 saturated heterocycles. The van der Waals surface area contributed by atoms with Gasteiger partial charge in [-0.3, -0.25) is 9.59 Å². The van der Waals surface area contributed by atoms with Crippen molar-refractivity contribution in [1.82, 2.24) is 10.3 Å². The lowest BCUT2D eigenvalue weighted by Crippen LogP contribution is -2.45. The summed E-state index contributed by atoms with van der Waals surface area (Å²) >= 11 is 1.42. The van der Waals surface area contributed by atoms with Gasteiger partial charge in [0.05, 0.1) is 29.7 Å². The number of fused-ring (bicyclic) bond motifs is 1. The van der Waals surface area contributed by atoms with E-state index in [9.17, 15) is 24.2 Å². The van der Waals surface area contributed by atoms with Crippen molar-refractivity contribution in [2.24, 2.45) is 17.3 Å². The van der Waals surface area contributed by atoms with Crippen LogP contribution in [0.15, 0.2) is 29.2 Å². The van der Waals surface area contributed by atoms with Crippen LogP contribution in [0.4, 0.5) is 4.39 Å². The average Bonchev–Trinajstić information content (AvgIpc) is 3.32. The van der Waals surface area contributed by atoms with Crippen LogP contribution in [0.25, 0.3) is 16.6 Å². The number of esters is 1. The number of cyclic esters (lactones) is 1. The van der Waals surface area contributed by atoms with E-state index in [-0.39, 0.29) is 35.5 Å². The van der Waals surface area contributed by atoms with E-state index in [1.807, 2.05) is 31.4 Å². The number of aliphatic hydroxyl groups is 2. The molecule has 2 aliphatic rings. The lowest BCUT2D eigenvalue weighted by atomic mass is 9.73. The van der Waals surface area contributed by atoms with Gasteiger partial charge in [-0.05, 0) is 62.8 Å². The molecule has 2 aliphatic heterocycles. The smallest absolute Gasteiger partial charge is 0.309 e. The Kier molecular flexibility index (Phi) is 9.77. The molecule has 4 rings (SSSR count). The fourth-order valence-electron chi connectivity index (χ4n) is 5.98. The second kappa shape index (κ2) is 12.6. The zero-order chi connectivity index (χ0) is 31.0. The van der Waals surface area contributed by atoms with E-state index in [4.69, 9.17) is 4.74 Å². The minimum Gasteiger partial charge on any atom is -0.458 e. The Bertz CT molecular complexity index is 1340. The number of ether oxygens (including phenoxy) is 1. The second-order valence-corrected chi connectivity index (χ2v) is 14.1. The van der Waals surface area contributed by atoms with Gasteiger partial charge in [0.1, 0.15) is 22.7 Å². The molecular formula is C33H45FN2O5S. The Morgan fingerprint density at radius 3 is 2.62 bits per heavy atom. The monoisotopic (exact) mass is 600 g/mol. The maximum Gasteiger partial charge on any atom is 0.309 e. The molecule has 0 bridgehead atoms. The fraction of sp³-hybridized carbons (Fsp3) is 0.606. The maximum atomic E-state index is 14.1. The van der Waals surface area contributed by atoms with Crippen molar-refractivity contribution in [2.75, 3.05) is 0 Å². The third-order valence-corrected chi connectivity index (χ3v) is 10.3. The number of aliphatic hydroxyl groups excluding tert-OH is 2. The third kappa shape index (κ3) is 7.18. The van der Waals surface area contributed by atoms with E-state index in [1.165, 1.54) is 17.4 Å². The predicted molar refractivity (Wildman–Crippen MR) is 163 cm³/mol. The van der Waals surface area contributed by atoms with E-state index in [2.05, 4.69) is 17.2 Å². The van der Waals surface area contributed by atoms with Crippen molar-refractivity contribution < 1.29 is 28.9 Å². The lowest BCUT2D eigenvalue weighted by Gasteiger charge is -2.34. The molecule has 1 aromatic carbocycles. The number of benzene rings is 1. The number of carbonyl (C=O) groups excluding carboxylic acids is 2. The normalized spacial score (nSPS) is 33.1.